The fourth-order valence-electron chi connectivity index (χ4n) is 0.826. The molecule has 0 heterocycles. The first-order chi connectivity index (χ1) is 5.85. The smallest absolute Gasteiger partial charge is 0.480 e. The van der Waals surface area contributed by atoms with Crippen LogP contribution >= 0.6 is 0 Å². The molecule has 0 fully saturated rings. The van der Waals surface area contributed by atoms with Crippen molar-refractivity contribution < 1.29 is 16.5 Å². The molecule has 0 amide bonds. The van der Waals surface area contributed by atoms with Crippen molar-refractivity contribution in [1.29, 1.82) is 0 Å². The average Bonchev–Trinajstić information content (AvgIpc) is 2.11. The van der Waals surface area contributed by atoms with E-state index in [4.69, 9.17) is 0 Å². The van der Waals surface area contributed by atoms with Crippen LogP contribution in [0.4, 0.5) is 0 Å². The Morgan fingerprint density at radius 3 is 2.43 bits per heavy atom. The van der Waals surface area contributed by atoms with Crippen LogP contribution in [0.3, 0.4) is 0 Å². The monoisotopic (exact) mass is 237 g/mol. The molecule has 0 rings (SSSR count). The van der Waals surface area contributed by atoms with Crippen molar-refractivity contribution in [2.75, 3.05) is 0 Å². The number of allylic oxidation sites excluding steroid dienone is 3. The van der Waals surface area contributed by atoms with E-state index >= 15 is 0 Å². The van der Waals surface area contributed by atoms with Gasteiger partial charge in [0.2, 0.25) is 0 Å². The van der Waals surface area contributed by atoms with Gasteiger partial charge in [-0.1, -0.05) is 26.3 Å². The zero-order valence-electron chi connectivity index (χ0n) is 9.62. The van der Waals surface area contributed by atoms with Gasteiger partial charge in [-0.3, -0.25) is 0 Å². The molecule has 0 aliphatic carbocycles. The van der Waals surface area contributed by atoms with Crippen molar-refractivity contribution in [3.63, 3.8) is 0 Å². The molecule has 0 unspecified atom stereocenters. The minimum Gasteiger partial charge on any atom is -0.480 e. The van der Waals surface area contributed by atoms with Crippen LogP contribution in [-0.2, 0) is 16.5 Å². The quantitative estimate of drug-likeness (QED) is 0.390. The second-order valence-corrected chi connectivity index (χ2v) is 2.62. The van der Waals surface area contributed by atoms with E-state index in [1.807, 2.05) is 13.1 Å². The molecule has 14 heavy (non-hydrogen) atoms. The summed E-state index contributed by atoms with van der Waals surface area (Å²) in [7, 11) is 0. The average molecular weight is 238 g/mol. The molecule has 0 atom stereocenters. The van der Waals surface area contributed by atoms with Gasteiger partial charge in [0.1, 0.15) is 0 Å². The number of nitrogens with zero attached hydrogens (tertiary/aromatic N) is 1. The molecule has 0 aromatic heterocycles. The van der Waals surface area contributed by atoms with E-state index in [2.05, 4.69) is 31.0 Å². The van der Waals surface area contributed by atoms with E-state index in [1.165, 1.54) is 12.0 Å². The fraction of sp³-hybridized carbons (Fsp3) is 0.500. The van der Waals surface area contributed by atoms with E-state index in [0.29, 0.717) is 0 Å². The van der Waals surface area contributed by atoms with Crippen LogP contribution in [-0.4, -0.2) is 6.21 Å². The largest absolute Gasteiger partial charge is 2.00 e. The third-order valence-electron chi connectivity index (χ3n) is 1.55. The zero-order chi connectivity index (χ0) is 9.23. The summed E-state index contributed by atoms with van der Waals surface area (Å²) in [5.74, 6) is 0. The Morgan fingerprint density at radius 2 is 2.00 bits per heavy atom. The Morgan fingerprint density at radius 1 is 1.36 bits per heavy atom. The van der Waals surface area contributed by atoms with E-state index < -0.39 is 0 Å². The molecule has 2 heteroatoms. The molecule has 0 spiro atoms. The topological polar surface area (TPSA) is 12.4 Å². The molecule has 1 nitrogen and oxygen atoms in total. The number of aliphatic imine (C=N–C) groups is 1. The van der Waals surface area contributed by atoms with Crippen molar-refractivity contribution in [2.45, 2.75) is 40.0 Å². The van der Waals surface area contributed by atoms with Crippen LogP contribution in [0.5, 0.6) is 0 Å². The molecule has 0 saturated carbocycles. The molecule has 0 bridgehead atoms. The van der Waals surface area contributed by atoms with Gasteiger partial charge in [0, 0.05) is 6.21 Å². The second kappa shape index (κ2) is 15.1. The minimum atomic E-state index is 0. The first-order valence-corrected chi connectivity index (χ1v) is 4.56. The molecule has 0 radical (unpaired) electrons. The Balaban J connectivity index is -0.000000605. The number of hydrogen-bond donors (Lipinski definition) is 0. The van der Waals surface area contributed by atoms with E-state index in [9.17, 15) is 0 Å². The van der Waals surface area contributed by atoms with Crippen LogP contribution in [0.25, 0.3) is 0 Å². The van der Waals surface area contributed by atoms with Gasteiger partial charge in [-0.2, -0.15) is 13.1 Å². The molecule has 0 saturated heterocycles. The molecule has 0 aromatic rings. The maximum Gasteiger partial charge on any atom is 2.00 e. The van der Waals surface area contributed by atoms with Crippen molar-refractivity contribution in [1.82, 2.24) is 0 Å². The summed E-state index contributed by atoms with van der Waals surface area (Å²) in [6.45, 7) is 6.17. The van der Waals surface area contributed by atoms with Crippen LogP contribution in [0.1, 0.15) is 40.0 Å². The summed E-state index contributed by atoms with van der Waals surface area (Å²) in [6, 6.07) is 0. The van der Waals surface area contributed by atoms with Gasteiger partial charge >= 0.3 is 16.5 Å². The second-order valence-electron chi connectivity index (χ2n) is 2.62. The Bertz CT molecular complexity index is 178. The number of unbranched alkanes of at least 4 members (excludes halogenated alkanes) is 1. The summed E-state index contributed by atoms with van der Waals surface area (Å²) >= 11 is 0. The van der Waals surface area contributed by atoms with E-state index in [1.54, 1.807) is 6.20 Å². The van der Waals surface area contributed by atoms with E-state index in [-0.39, 0.29) is 23.9 Å². The van der Waals surface area contributed by atoms with Crippen molar-refractivity contribution >= 4 is 6.21 Å². The molecule has 0 N–H and O–H groups in total. The van der Waals surface area contributed by atoms with Crippen LogP contribution < -0.4 is 0 Å². The summed E-state index contributed by atoms with van der Waals surface area (Å²) in [6.07, 6.45) is 12.1. The predicted molar refractivity (Wildman–Crippen MR) is 61.7 cm³/mol. The maximum absolute atomic E-state index is 4.08. The van der Waals surface area contributed by atoms with Gasteiger partial charge in [0.05, 0.1) is 0 Å². The SMILES string of the molecule is C[C-]=CN=C/C(=C/CCC)CC.[CH3-].[Ni+2]. The first-order valence-electron chi connectivity index (χ1n) is 4.56. The Kier molecular flexibility index (Phi) is 20.8. The van der Waals surface area contributed by atoms with Gasteiger partial charge in [0.15, 0.2) is 0 Å². The fourth-order valence-corrected chi connectivity index (χ4v) is 0.826. The Hall–Kier alpha value is -0.356. The van der Waals surface area contributed by atoms with Crippen LogP contribution in [0, 0.1) is 13.5 Å². The van der Waals surface area contributed by atoms with Gasteiger partial charge in [0.25, 0.3) is 0 Å². The molecule has 0 aliphatic heterocycles. The third-order valence-corrected chi connectivity index (χ3v) is 1.55. The van der Waals surface area contributed by atoms with Gasteiger partial charge in [-0.05, 0) is 18.4 Å². The van der Waals surface area contributed by atoms with Crippen molar-refractivity contribution in [2.24, 2.45) is 4.99 Å². The van der Waals surface area contributed by atoms with Gasteiger partial charge in [-0.25, -0.2) is 0 Å². The van der Waals surface area contributed by atoms with Crippen LogP contribution in [0.2, 0.25) is 0 Å². The van der Waals surface area contributed by atoms with E-state index in [0.717, 1.165) is 12.8 Å². The van der Waals surface area contributed by atoms with Crippen LogP contribution in [0.15, 0.2) is 22.8 Å². The third kappa shape index (κ3) is 11.6. The van der Waals surface area contributed by atoms with Crippen molar-refractivity contribution in [3.8, 4) is 0 Å². The molecule has 0 aromatic carbocycles. The normalized spacial score (nSPS) is 11.5. The summed E-state index contributed by atoms with van der Waals surface area (Å²) < 4.78 is 0. The summed E-state index contributed by atoms with van der Waals surface area (Å²) in [4.78, 5) is 4.08. The molecular weight excluding hydrogens is 217 g/mol. The Labute approximate surface area is 99.3 Å². The molecular formula is C12H21NNi. The number of rotatable bonds is 5. The minimum absolute atomic E-state index is 0. The number of hydrogen-bond acceptors (Lipinski definition) is 1. The first kappa shape index (κ1) is 19.3. The zero-order valence-corrected chi connectivity index (χ0v) is 10.6. The molecule has 84 valence electrons. The predicted octanol–water partition coefficient (Wildman–Crippen LogP) is 3.98. The molecule has 0 aliphatic rings. The summed E-state index contributed by atoms with van der Waals surface area (Å²) in [5, 5.41) is 0. The van der Waals surface area contributed by atoms with Crippen molar-refractivity contribution in [3.05, 3.63) is 31.4 Å². The summed E-state index contributed by atoms with van der Waals surface area (Å²) in [5.41, 5.74) is 1.31. The van der Waals surface area contributed by atoms with Gasteiger partial charge < -0.3 is 18.5 Å². The van der Waals surface area contributed by atoms with Gasteiger partial charge in [-0.15, -0.1) is 0 Å². The standard InChI is InChI=1S/C11H18N.CH3.Ni/c1-4-7-8-11(6-3)10-12-9-5-2;;/h8-10H,4,6-7H2,1-3H3;1H3;/q2*-1;+2/b11-8+,12-10?;;. The maximum atomic E-state index is 4.08.